The van der Waals surface area contributed by atoms with Gasteiger partial charge in [-0.3, -0.25) is 4.79 Å². The number of carbonyl (C=O) groups is 1. The molecule has 0 spiro atoms. The van der Waals surface area contributed by atoms with Gasteiger partial charge in [-0.2, -0.15) is 0 Å². The number of rotatable bonds is 4. The number of sulfone groups is 1. The molecule has 1 amide bonds. The molecule has 1 aliphatic heterocycles. The molecule has 0 unspecified atom stereocenters. The third-order valence-electron chi connectivity index (χ3n) is 4.47. The molecule has 2 atom stereocenters. The fourth-order valence-electron chi connectivity index (χ4n) is 2.95. The number of hydrogen-bond acceptors (Lipinski definition) is 4. The van der Waals surface area contributed by atoms with Gasteiger partial charge in [-0.25, -0.2) is 8.42 Å². The molecule has 0 fully saturated rings. The molecular formula is C19H20ClNO4S. The molecule has 1 N–H and O–H groups in total. The van der Waals surface area contributed by atoms with E-state index in [-0.39, 0.29) is 22.8 Å². The predicted octanol–water partition coefficient (Wildman–Crippen LogP) is 3.17. The minimum Gasteiger partial charge on any atom is -0.492 e. The largest absolute Gasteiger partial charge is 0.492 e. The van der Waals surface area contributed by atoms with Crippen LogP contribution in [0.1, 0.15) is 24.1 Å². The van der Waals surface area contributed by atoms with E-state index in [1.54, 1.807) is 30.3 Å². The van der Waals surface area contributed by atoms with Crippen LogP contribution in [0.3, 0.4) is 0 Å². The molecular weight excluding hydrogens is 374 g/mol. The Morgan fingerprint density at radius 2 is 1.92 bits per heavy atom. The summed E-state index contributed by atoms with van der Waals surface area (Å²) in [7, 11) is -3.23. The molecule has 0 saturated heterocycles. The quantitative estimate of drug-likeness (QED) is 0.865. The highest BCUT2D eigenvalue weighted by atomic mass is 35.5. The standard InChI is InChI=1S/C19H20ClNO4S/c1-12(13-3-6-17(7-4-13)26(2,23)24)21-19(22)15-9-14-10-16(20)5-8-18(14)25-11-15/h3-8,10,12,15H,9,11H2,1-2H3,(H,21,22)/t12-,15-/m1/s1. The van der Waals surface area contributed by atoms with Crippen LogP contribution in [0.25, 0.3) is 0 Å². The monoisotopic (exact) mass is 393 g/mol. The van der Waals surface area contributed by atoms with Crippen LogP contribution in [0.2, 0.25) is 5.02 Å². The summed E-state index contributed by atoms with van der Waals surface area (Å²) in [6.45, 7) is 2.18. The molecule has 0 bridgehead atoms. The Balaban J connectivity index is 1.66. The van der Waals surface area contributed by atoms with Gasteiger partial charge in [0.25, 0.3) is 0 Å². The maximum atomic E-state index is 12.6. The summed E-state index contributed by atoms with van der Waals surface area (Å²) in [5, 5.41) is 3.59. The van der Waals surface area contributed by atoms with E-state index in [0.717, 1.165) is 16.9 Å². The summed E-state index contributed by atoms with van der Waals surface area (Å²) in [6.07, 6.45) is 1.74. The average molecular weight is 394 g/mol. The lowest BCUT2D eigenvalue weighted by Crippen LogP contribution is -2.38. The minimum absolute atomic E-state index is 0.102. The van der Waals surface area contributed by atoms with Gasteiger partial charge in [-0.05, 0) is 54.8 Å². The van der Waals surface area contributed by atoms with Gasteiger partial charge >= 0.3 is 0 Å². The number of benzene rings is 2. The smallest absolute Gasteiger partial charge is 0.227 e. The molecule has 3 rings (SSSR count). The van der Waals surface area contributed by atoms with Crippen LogP contribution in [-0.2, 0) is 21.1 Å². The van der Waals surface area contributed by atoms with Crippen LogP contribution in [0.5, 0.6) is 5.75 Å². The van der Waals surface area contributed by atoms with Crippen LogP contribution in [-0.4, -0.2) is 27.2 Å². The number of ether oxygens (including phenoxy) is 1. The summed E-state index contributed by atoms with van der Waals surface area (Å²) in [5.41, 5.74) is 1.76. The van der Waals surface area contributed by atoms with Crippen molar-refractivity contribution in [2.24, 2.45) is 5.92 Å². The van der Waals surface area contributed by atoms with E-state index in [1.165, 1.54) is 6.26 Å². The lowest BCUT2D eigenvalue weighted by Gasteiger charge is -2.26. The molecule has 0 aromatic heterocycles. The number of fused-ring (bicyclic) bond motifs is 1. The van der Waals surface area contributed by atoms with E-state index in [9.17, 15) is 13.2 Å². The number of amides is 1. The second-order valence-corrected chi connectivity index (χ2v) is 8.99. The van der Waals surface area contributed by atoms with Crippen LogP contribution < -0.4 is 10.1 Å². The van der Waals surface area contributed by atoms with Crippen molar-refractivity contribution in [2.75, 3.05) is 12.9 Å². The summed E-state index contributed by atoms with van der Waals surface area (Å²) in [6, 6.07) is 11.7. The summed E-state index contributed by atoms with van der Waals surface area (Å²) < 4.78 is 28.7. The van der Waals surface area contributed by atoms with Crippen molar-refractivity contribution in [1.82, 2.24) is 5.32 Å². The fraction of sp³-hybridized carbons (Fsp3) is 0.316. The highest BCUT2D eigenvalue weighted by Crippen LogP contribution is 2.30. The molecule has 7 heteroatoms. The molecule has 0 saturated carbocycles. The number of halogens is 1. The van der Waals surface area contributed by atoms with Gasteiger partial charge in [0.05, 0.1) is 16.9 Å². The zero-order chi connectivity index (χ0) is 18.9. The average Bonchev–Trinajstić information content (AvgIpc) is 2.60. The number of hydrogen-bond donors (Lipinski definition) is 1. The zero-order valence-electron chi connectivity index (χ0n) is 14.5. The minimum atomic E-state index is -3.23. The van der Waals surface area contributed by atoms with Gasteiger partial charge in [0.2, 0.25) is 5.91 Å². The molecule has 0 aliphatic carbocycles. The van der Waals surface area contributed by atoms with Gasteiger partial charge in [0.15, 0.2) is 9.84 Å². The molecule has 26 heavy (non-hydrogen) atoms. The van der Waals surface area contributed by atoms with Gasteiger partial charge in [-0.15, -0.1) is 0 Å². The summed E-state index contributed by atoms with van der Waals surface area (Å²) >= 11 is 6.01. The van der Waals surface area contributed by atoms with Crippen LogP contribution in [0.4, 0.5) is 0 Å². The van der Waals surface area contributed by atoms with Gasteiger partial charge < -0.3 is 10.1 Å². The first-order valence-corrected chi connectivity index (χ1v) is 10.5. The van der Waals surface area contributed by atoms with Crippen molar-refractivity contribution in [1.29, 1.82) is 0 Å². The van der Waals surface area contributed by atoms with Crippen molar-refractivity contribution in [3.8, 4) is 5.75 Å². The van der Waals surface area contributed by atoms with Crippen molar-refractivity contribution in [2.45, 2.75) is 24.3 Å². The van der Waals surface area contributed by atoms with Crippen molar-refractivity contribution < 1.29 is 17.9 Å². The third-order valence-corrected chi connectivity index (χ3v) is 5.83. The maximum absolute atomic E-state index is 12.6. The molecule has 138 valence electrons. The van der Waals surface area contributed by atoms with Gasteiger partial charge in [0, 0.05) is 11.3 Å². The predicted molar refractivity (Wildman–Crippen MR) is 100 cm³/mol. The van der Waals surface area contributed by atoms with E-state index >= 15 is 0 Å². The van der Waals surface area contributed by atoms with Crippen LogP contribution in [0.15, 0.2) is 47.4 Å². The molecule has 5 nitrogen and oxygen atoms in total. The Morgan fingerprint density at radius 3 is 2.58 bits per heavy atom. The Hall–Kier alpha value is -2.05. The molecule has 1 heterocycles. The van der Waals surface area contributed by atoms with E-state index < -0.39 is 9.84 Å². The first kappa shape index (κ1) is 18.7. The lowest BCUT2D eigenvalue weighted by molar-refractivity contribution is -0.126. The van der Waals surface area contributed by atoms with Crippen LogP contribution in [0, 0.1) is 5.92 Å². The molecule has 2 aromatic rings. The summed E-state index contributed by atoms with van der Waals surface area (Å²) in [5.74, 6) is 0.372. The molecule has 1 aliphatic rings. The van der Waals surface area contributed by atoms with Crippen LogP contribution >= 0.6 is 11.6 Å². The Labute approximate surface area is 158 Å². The number of carbonyl (C=O) groups excluding carboxylic acids is 1. The first-order chi connectivity index (χ1) is 12.2. The molecule has 0 radical (unpaired) electrons. The van der Waals surface area contributed by atoms with Crippen molar-refractivity contribution in [3.63, 3.8) is 0 Å². The molecule has 2 aromatic carbocycles. The topological polar surface area (TPSA) is 72.5 Å². The Morgan fingerprint density at radius 1 is 1.23 bits per heavy atom. The van der Waals surface area contributed by atoms with Gasteiger partial charge in [-0.1, -0.05) is 23.7 Å². The highest BCUT2D eigenvalue weighted by molar-refractivity contribution is 7.90. The SMILES string of the molecule is C[C@@H](NC(=O)[C@H]1COc2ccc(Cl)cc2C1)c1ccc(S(C)(=O)=O)cc1. The van der Waals surface area contributed by atoms with Crippen molar-refractivity contribution >= 4 is 27.3 Å². The van der Waals surface area contributed by atoms with E-state index in [1.807, 2.05) is 19.1 Å². The van der Waals surface area contributed by atoms with Crippen molar-refractivity contribution in [3.05, 3.63) is 58.6 Å². The van der Waals surface area contributed by atoms with E-state index in [0.29, 0.717) is 18.1 Å². The second-order valence-electron chi connectivity index (χ2n) is 6.54. The van der Waals surface area contributed by atoms with E-state index in [4.69, 9.17) is 16.3 Å². The zero-order valence-corrected chi connectivity index (χ0v) is 16.1. The lowest BCUT2D eigenvalue weighted by atomic mass is 9.95. The number of nitrogens with one attached hydrogen (secondary N) is 1. The normalized spacial score (nSPS) is 17.7. The maximum Gasteiger partial charge on any atom is 0.227 e. The Bertz CT molecular complexity index is 925. The van der Waals surface area contributed by atoms with Gasteiger partial charge in [0.1, 0.15) is 12.4 Å². The summed E-state index contributed by atoms with van der Waals surface area (Å²) in [4.78, 5) is 12.8. The van der Waals surface area contributed by atoms with E-state index in [2.05, 4.69) is 5.32 Å². The second kappa shape index (κ2) is 7.29. The highest BCUT2D eigenvalue weighted by Gasteiger charge is 2.27. The first-order valence-electron chi connectivity index (χ1n) is 8.25. The third kappa shape index (κ3) is 4.19. The Kier molecular flexibility index (Phi) is 5.25. The fourth-order valence-corrected chi connectivity index (χ4v) is 3.77.